The van der Waals surface area contributed by atoms with Crippen LogP contribution in [0.3, 0.4) is 0 Å². The van der Waals surface area contributed by atoms with Crippen LogP contribution in [0.2, 0.25) is 0 Å². The van der Waals surface area contributed by atoms with Gasteiger partial charge in [-0.25, -0.2) is 9.59 Å². The van der Waals surface area contributed by atoms with Crippen molar-refractivity contribution in [3.8, 4) is 0 Å². The maximum absolute atomic E-state index is 11.5. The third kappa shape index (κ3) is 3.71. The van der Waals surface area contributed by atoms with Crippen LogP contribution in [0.1, 0.15) is 5.56 Å². The molecule has 0 aliphatic carbocycles. The highest BCUT2D eigenvalue weighted by atomic mass is 79.9. The molecule has 4 N–H and O–H groups in total. The fourth-order valence-electron chi connectivity index (χ4n) is 1.25. The van der Waals surface area contributed by atoms with Crippen molar-refractivity contribution >= 4 is 33.6 Å². The highest BCUT2D eigenvalue weighted by Crippen LogP contribution is 2.25. The summed E-state index contributed by atoms with van der Waals surface area (Å²) in [7, 11) is 0. The number of anilines is 1. The largest absolute Gasteiger partial charge is 0.480 e. The van der Waals surface area contributed by atoms with Gasteiger partial charge in [0.1, 0.15) is 0 Å². The van der Waals surface area contributed by atoms with E-state index in [0.717, 1.165) is 10.0 Å². The van der Waals surface area contributed by atoms with Gasteiger partial charge in [-0.1, -0.05) is 12.1 Å². The molecule has 1 atom stereocenters. The van der Waals surface area contributed by atoms with Crippen LogP contribution < -0.4 is 10.6 Å². The number of halogens is 1. The number of carbonyl (C=O) groups excluding carboxylic acids is 1. The van der Waals surface area contributed by atoms with Crippen LogP contribution in [0.4, 0.5) is 10.5 Å². The number of urea groups is 1. The van der Waals surface area contributed by atoms with Gasteiger partial charge in [-0.15, -0.1) is 0 Å². The van der Waals surface area contributed by atoms with Gasteiger partial charge in [-0.3, -0.25) is 0 Å². The molecule has 0 bridgehead atoms. The molecule has 2 amide bonds. The van der Waals surface area contributed by atoms with Crippen LogP contribution in [0.15, 0.2) is 22.7 Å². The molecule has 0 spiro atoms. The van der Waals surface area contributed by atoms with Gasteiger partial charge in [0, 0.05) is 4.47 Å². The van der Waals surface area contributed by atoms with E-state index < -0.39 is 24.6 Å². The first-order chi connectivity index (χ1) is 8.45. The van der Waals surface area contributed by atoms with Crippen molar-refractivity contribution in [3.05, 3.63) is 28.2 Å². The average molecular weight is 317 g/mol. The third-order valence-electron chi connectivity index (χ3n) is 2.23. The fourth-order valence-corrected chi connectivity index (χ4v) is 1.61. The molecule has 1 rings (SSSR count). The predicted molar refractivity (Wildman–Crippen MR) is 69.5 cm³/mol. The van der Waals surface area contributed by atoms with Gasteiger partial charge < -0.3 is 20.8 Å². The summed E-state index contributed by atoms with van der Waals surface area (Å²) < 4.78 is 0.719. The van der Waals surface area contributed by atoms with Gasteiger partial charge in [0.25, 0.3) is 0 Å². The SMILES string of the molecule is Cc1cccc(NC(=O)N[C@H](CO)C(=O)O)c1Br. The first kappa shape index (κ1) is 14.5. The summed E-state index contributed by atoms with van der Waals surface area (Å²) in [6.45, 7) is 1.19. The van der Waals surface area contributed by atoms with E-state index in [0.29, 0.717) is 5.69 Å². The number of hydrogen-bond acceptors (Lipinski definition) is 3. The number of benzene rings is 1. The number of nitrogens with one attached hydrogen (secondary N) is 2. The Hall–Kier alpha value is -1.60. The van der Waals surface area contributed by atoms with Gasteiger partial charge in [0.2, 0.25) is 0 Å². The van der Waals surface area contributed by atoms with E-state index in [1.807, 2.05) is 13.0 Å². The van der Waals surface area contributed by atoms with E-state index in [9.17, 15) is 9.59 Å². The molecule has 0 saturated heterocycles. The zero-order valence-corrected chi connectivity index (χ0v) is 11.2. The van der Waals surface area contributed by atoms with Gasteiger partial charge in [-0.2, -0.15) is 0 Å². The molecule has 18 heavy (non-hydrogen) atoms. The molecule has 1 aromatic carbocycles. The number of aryl methyl sites for hydroxylation is 1. The molecule has 0 fully saturated rings. The highest BCUT2D eigenvalue weighted by Gasteiger charge is 2.19. The number of aliphatic hydroxyl groups excluding tert-OH is 1. The van der Waals surface area contributed by atoms with E-state index in [1.54, 1.807) is 12.1 Å². The van der Waals surface area contributed by atoms with Gasteiger partial charge >= 0.3 is 12.0 Å². The number of aliphatic carboxylic acids is 1. The maximum Gasteiger partial charge on any atom is 0.328 e. The van der Waals surface area contributed by atoms with E-state index in [2.05, 4.69) is 26.6 Å². The van der Waals surface area contributed by atoms with Crippen molar-refractivity contribution in [3.63, 3.8) is 0 Å². The molecule has 0 saturated carbocycles. The minimum absolute atomic E-state index is 0.523. The topological polar surface area (TPSA) is 98.7 Å². The van der Waals surface area contributed by atoms with Crippen LogP contribution in [0.5, 0.6) is 0 Å². The smallest absolute Gasteiger partial charge is 0.328 e. The monoisotopic (exact) mass is 316 g/mol. The Labute approximate surface area is 112 Å². The van der Waals surface area contributed by atoms with Gasteiger partial charge in [-0.05, 0) is 34.5 Å². The van der Waals surface area contributed by atoms with Crippen LogP contribution in [-0.2, 0) is 4.79 Å². The lowest BCUT2D eigenvalue weighted by molar-refractivity contribution is -0.140. The lowest BCUT2D eigenvalue weighted by Gasteiger charge is -2.14. The summed E-state index contributed by atoms with van der Waals surface area (Å²) in [6, 6.07) is 3.28. The molecule has 6 nitrogen and oxygen atoms in total. The van der Waals surface area contributed by atoms with Crippen LogP contribution in [0.25, 0.3) is 0 Å². The Balaban J connectivity index is 2.70. The third-order valence-corrected chi connectivity index (χ3v) is 3.28. The molecule has 98 valence electrons. The van der Waals surface area contributed by atoms with Crippen molar-refractivity contribution in [2.24, 2.45) is 0 Å². The lowest BCUT2D eigenvalue weighted by Crippen LogP contribution is -2.45. The zero-order valence-electron chi connectivity index (χ0n) is 9.61. The normalized spacial score (nSPS) is 11.7. The summed E-state index contributed by atoms with van der Waals surface area (Å²) >= 11 is 3.31. The summed E-state index contributed by atoms with van der Waals surface area (Å²) in [6.07, 6.45) is 0. The van der Waals surface area contributed by atoms with Gasteiger partial charge in [0.05, 0.1) is 12.3 Å². The number of aliphatic hydroxyl groups is 1. The maximum atomic E-state index is 11.5. The molecule has 0 aliphatic heterocycles. The number of carboxylic acids is 1. The first-order valence-electron chi connectivity index (χ1n) is 5.12. The van der Waals surface area contributed by atoms with Gasteiger partial charge in [0.15, 0.2) is 6.04 Å². The van der Waals surface area contributed by atoms with Crippen molar-refractivity contribution in [2.75, 3.05) is 11.9 Å². The van der Waals surface area contributed by atoms with Crippen molar-refractivity contribution in [1.29, 1.82) is 0 Å². The van der Waals surface area contributed by atoms with Crippen molar-refractivity contribution in [1.82, 2.24) is 5.32 Å². The van der Waals surface area contributed by atoms with Crippen molar-refractivity contribution in [2.45, 2.75) is 13.0 Å². The number of rotatable bonds is 4. The number of amides is 2. The second-order valence-electron chi connectivity index (χ2n) is 3.61. The first-order valence-corrected chi connectivity index (χ1v) is 5.91. The molecule has 0 heterocycles. The van der Waals surface area contributed by atoms with Crippen LogP contribution in [0, 0.1) is 6.92 Å². The van der Waals surface area contributed by atoms with E-state index >= 15 is 0 Å². The molecule has 0 aromatic heterocycles. The minimum atomic E-state index is -1.33. The fraction of sp³-hybridized carbons (Fsp3) is 0.273. The number of hydrogen-bond donors (Lipinski definition) is 4. The Bertz CT molecular complexity index is 464. The molecule has 1 aromatic rings. The zero-order chi connectivity index (χ0) is 13.7. The lowest BCUT2D eigenvalue weighted by atomic mass is 10.2. The van der Waals surface area contributed by atoms with Crippen LogP contribution >= 0.6 is 15.9 Å². The van der Waals surface area contributed by atoms with Crippen LogP contribution in [-0.4, -0.2) is 34.9 Å². The standard InChI is InChI=1S/C11H13BrN2O4/c1-6-3-2-4-7(9(6)12)13-11(18)14-8(5-15)10(16)17/h2-4,8,15H,5H2,1H3,(H,16,17)(H2,13,14,18)/t8-/m1/s1. The second-order valence-corrected chi connectivity index (χ2v) is 4.40. The summed E-state index contributed by atoms with van der Waals surface area (Å²) in [5.74, 6) is -1.30. The molecule has 7 heteroatoms. The van der Waals surface area contributed by atoms with E-state index in [4.69, 9.17) is 10.2 Å². The predicted octanol–water partition coefficient (Wildman–Crippen LogP) is 1.32. The minimum Gasteiger partial charge on any atom is -0.480 e. The van der Waals surface area contributed by atoms with E-state index in [-0.39, 0.29) is 0 Å². The molecule has 0 unspecified atom stereocenters. The molecular formula is C11H13BrN2O4. The van der Waals surface area contributed by atoms with Crippen molar-refractivity contribution < 1.29 is 19.8 Å². The van der Waals surface area contributed by atoms with E-state index in [1.165, 1.54) is 0 Å². The summed E-state index contributed by atoms with van der Waals surface area (Å²) in [5.41, 5.74) is 1.46. The Morgan fingerprint density at radius 2 is 2.11 bits per heavy atom. The summed E-state index contributed by atoms with van der Waals surface area (Å²) in [5, 5.41) is 22.1. The number of carboxylic acid groups (broad SMARTS) is 1. The quantitative estimate of drug-likeness (QED) is 0.673. The molecule has 0 radical (unpaired) electrons. The molecular weight excluding hydrogens is 304 g/mol. The highest BCUT2D eigenvalue weighted by molar-refractivity contribution is 9.10. The Morgan fingerprint density at radius 1 is 1.44 bits per heavy atom. The second kappa shape index (κ2) is 6.36. The Kier molecular flexibility index (Phi) is 5.11. The summed E-state index contributed by atoms with van der Waals surface area (Å²) in [4.78, 5) is 22.2. The Morgan fingerprint density at radius 3 is 2.67 bits per heavy atom. The molecule has 0 aliphatic rings. The number of carbonyl (C=O) groups is 2. The average Bonchev–Trinajstić information content (AvgIpc) is 2.31.